The molecule has 33 heavy (non-hydrogen) atoms. The second-order valence-corrected chi connectivity index (χ2v) is 7.50. The van der Waals surface area contributed by atoms with E-state index in [2.05, 4.69) is 20.6 Å². The van der Waals surface area contributed by atoms with Gasteiger partial charge in [0.05, 0.1) is 5.56 Å². The molecule has 0 aliphatic heterocycles. The summed E-state index contributed by atoms with van der Waals surface area (Å²) in [6, 6.07) is 20.9. The van der Waals surface area contributed by atoms with Crippen LogP contribution in [-0.2, 0) is 13.1 Å². The molecule has 0 aliphatic carbocycles. The number of para-hydroxylation sites is 1. The first-order valence-electron chi connectivity index (χ1n) is 10.6. The molecule has 1 amide bonds. The first kappa shape index (κ1) is 20.4. The van der Waals surface area contributed by atoms with Crippen molar-refractivity contribution >= 4 is 22.7 Å². The first-order chi connectivity index (χ1) is 16.3. The molecule has 2 N–H and O–H groups in total. The maximum atomic E-state index is 13.0. The number of benzene rings is 1. The number of nitrogens with zero attached hydrogens (tertiary/aromatic N) is 3. The van der Waals surface area contributed by atoms with E-state index in [4.69, 9.17) is 9.40 Å². The van der Waals surface area contributed by atoms with Crippen LogP contribution in [0.5, 0.6) is 0 Å². The summed E-state index contributed by atoms with van der Waals surface area (Å²) in [5, 5.41) is 7.22. The van der Waals surface area contributed by atoms with Crippen molar-refractivity contribution in [1.82, 2.24) is 20.3 Å². The molecule has 0 fully saturated rings. The van der Waals surface area contributed by atoms with Crippen LogP contribution in [0.4, 0.5) is 5.82 Å². The molecule has 1 aromatic carbocycles. The van der Waals surface area contributed by atoms with Crippen molar-refractivity contribution in [3.05, 3.63) is 108 Å². The zero-order valence-corrected chi connectivity index (χ0v) is 17.7. The average Bonchev–Trinajstić information content (AvgIpc) is 3.32. The Morgan fingerprint density at radius 3 is 2.33 bits per heavy atom. The third kappa shape index (κ3) is 4.72. The van der Waals surface area contributed by atoms with Crippen LogP contribution in [0.2, 0.25) is 0 Å². The van der Waals surface area contributed by atoms with Crippen LogP contribution in [-0.4, -0.2) is 20.9 Å². The average molecular weight is 435 g/mol. The van der Waals surface area contributed by atoms with E-state index in [0.29, 0.717) is 35.9 Å². The van der Waals surface area contributed by atoms with Crippen LogP contribution >= 0.6 is 0 Å². The van der Waals surface area contributed by atoms with E-state index in [1.807, 2.05) is 54.6 Å². The highest BCUT2D eigenvalue weighted by atomic mass is 16.3. The number of furan rings is 1. The van der Waals surface area contributed by atoms with Gasteiger partial charge < -0.3 is 15.1 Å². The summed E-state index contributed by atoms with van der Waals surface area (Å²) in [5.41, 5.74) is 3.78. The molecule has 0 saturated carbocycles. The fraction of sp³-hybridized carbons (Fsp3) is 0.0769. The second kappa shape index (κ2) is 9.32. The largest absolute Gasteiger partial charge is 0.454 e. The van der Waals surface area contributed by atoms with E-state index < -0.39 is 0 Å². The molecular formula is C26H21N5O2. The minimum atomic E-state index is -0.226. The Hall–Kier alpha value is -4.52. The molecule has 162 valence electrons. The smallest absolute Gasteiger partial charge is 0.255 e. The Bertz CT molecular complexity index is 1350. The van der Waals surface area contributed by atoms with E-state index in [-0.39, 0.29) is 5.91 Å². The van der Waals surface area contributed by atoms with Crippen molar-refractivity contribution in [3.63, 3.8) is 0 Å². The van der Waals surface area contributed by atoms with Gasteiger partial charge in [0.1, 0.15) is 17.1 Å². The molecule has 7 nitrogen and oxygen atoms in total. The van der Waals surface area contributed by atoms with E-state index >= 15 is 0 Å². The lowest BCUT2D eigenvalue weighted by Crippen LogP contribution is -2.24. The number of anilines is 1. The van der Waals surface area contributed by atoms with Gasteiger partial charge in [-0.3, -0.25) is 14.8 Å². The number of nitrogens with one attached hydrogen (secondary N) is 2. The minimum Gasteiger partial charge on any atom is -0.454 e. The highest BCUT2D eigenvalue weighted by molar-refractivity contribution is 5.99. The normalized spacial score (nSPS) is 10.8. The van der Waals surface area contributed by atoms with Gasteiger partial charge in [0.25, 0.3) is 5.91 Å². The number of hydrogen-bond acceptors (Lipinski definition) is 6. The topological polar surface area (TPSA) is 92.9 Å². The van der Waals surface area contributed by atoms with Crippen molar-refractivity contribution in [1.29, 1.82) is 0 Å². The van der Waals surface area contributed by atoms with Crippen LogP contribution in [0.1, 0.15) is 21.5 Å². The van der Waals surface area contributed by atoms with Gasteiger partial charge in [-0.2, -0.15) is 0 Å². The number of amides is 1. The van der Waals surface area contributed by atoms with Crippen molar-refractivity contribution in [2.24, 2.45) is 0 Å². The van der Waals surface area contributed by atoms with Gasteiger partial charge in [0.15, 0.2) is 5.76 Å². The number of carbonyl (C=O) groups is 1. The summed E-state index contributed by atoms with van der Waals surface area (Å²) in [6.07, 6.45) is 6.93. The van der Waals surface area contributed by atoms with E-state index in [1.54, 1.807) is 36.9 Å². The predicted molar refractivity (Wildman–Crippen MR) is 126 cm³/mol. The highest BCUT2D eigenvalue weighted by Gasteiger charge is 2.16. The molecule has 5 rings (SSSR count). The van der Waals surface area contributed by atoms with E-state index in [1.165, 1.54) is 0 Å². The lowest BCUT2D eigenvalue weighted by molar-refractivity contribution is 0.0951. The Balaban J connectivity index is 1.44. The molecular weight excluding hydrogens is 414 g/mol. The minimum absolute atomic E-state index is 0.226. The molecule has 0 unspecified atom stereocenters. The zero-order valence-electron chi connectivity index (χ0n) is 17.7. The Morgan fingerprint density at radius 2 is 1.61 bits per heavy atom. The molecule has 0 aliphatic rings. The van der Waals surface area contributed by atoms with Crippen LogP contribution in [0.25, 0.3) is 22.4 Å². The fourth-order valence-corrected chi connectivity index (χ4v) is 3.49. The van der Waals surface area contributed by atoms with Gasteiger partial charge >= 0.3 is 0 Å². The third-order valence-corrected chi connectivity index (χ3v) is 5.18. The lowest BCUT2D eigenvalue weighted by atomic mass is 10.1. The quantitative estimate of drug-likeness (QED) is 0.380. The summed E-state index contributed by atoms with van der Waals surface area (Å²) in [4.78, 5) is 26.0. The van der Waals surface area contributed by atoms with Crippen molar-refractivity contribution in [2.75, 3.05) is 5.32 Å². The standard InChI is InChI=1S/C26H21N5O2/c32-26(30-17-19-6-4-12-28-15-19)21-9-10-22(24-13-20-7-1-2-8-23(20)33-24)31-25(21)29-16-18-5-3-11-27-14-18/h1-15H,16-17H2,(H,29,31)(H,30,32). The van der Waals surface area contributed by atoms with Crippen LogP contribution in [0, 0.1) is 0 Å². The van der Waals surface area contributed by atoms with Crippen molar-refractivity contribution in [3.8, 4) is 11.5 Å². The number of hydrogen-bond donors (Lipinski definition) is 2. The number of rotatable bonds is 7. The molecule has 0 spiro atoms. The lowest BCUT2D eigenvalue weighted by Gasteiger charge is -2.13. The molecule has 7 heteroatoms. The molecule has 0 atom stereocenters. The number of aromatic nitrogens is 3. The Morgan fingerprint density at radius 1 is 0.848 bits per heavy atom. The van der Waals surface area contributed by atoms with Gasteiger partial charge in [0, 0.05) is 43.3 Å². The van der Waals surface area contributed by atoms with Crippen molar-refractivity contribution in [2.45, 2.75) is 13.1 Å². The summed E-state index contributed by atoms with van der Waals surface area (Å²) in [6.45, 7) is 0.855. The molecule has 0 bridgehead atoms. The summed E-state index contributed by atoms with van der Waals surface area (Å²) in [5.74, 6) is 0.889. The van der Waals surface area contributed by atoms with Crippen molar-refractivity contribution < 1.29 is 9.21 Å². The van der Waals surface area contributed by atoms with Gasteiger partial charge in [-0.1, -0.05) is 30.3 Å². The first-order valence-corrected chi connectivity index (χ1v) is 10.6. The number of carbonyl (C=O) groups excluding carboxylic acids is 1. The molecule has 4 heterocycles. The van der Waals surface area contributed by atoms with Gasteiger partial charge in [0.2, 0.25) is 0 Å². The maximum Gasteiger partial charge on any atom is 0.255 e. The van der Waals surface area contributed by atoms with E-state index in [9.17, 15) is 4.79 Å². The van der Waals surface area contributed by atoms with Gasteiger partial charge in [-0.25, -0.2) is 4.98 Å². The van der Waals surface area contributed by atoms with Crippen LogP contribution < -0.4 is 10.6 Å². The summed E-state index contributed by atoms with van der Waals surface area (Å²) < 4.78 is 5.97. The molecule has 4 aromatic heterocycles. The molecule has 0 saturated heterocycles. The predicted octanol–water partition coefficient (Wildman–Crippen LogP) is 4.83. The van der Waals surface area contributed by atoms with Gasteiger partial charge in [-0.05, 0) is 47.5 Å². The molecule has 0 radical (unpaired) electrons. The summed E-state index contributed by atoms with van der Waals surface area (Å²) >= 11 is 0. The zero-order chi connectivity index (χ0) is 22.5. The van der Waals surface area contributed by atoms with Crippen LogP contribution in [0.3, 0.4) is 0 Å². The molecule has 5 aromatic rings. The number of pyridine rings is 3. The number of fused-ring (bicyclic) bond motifs is 1. The monoisotopic (exact) mass is 435 g/mol. The Labute approximate surface area is 190 Å². The van der Waals surface area contributed by atoms with E-state index in [0.717, 1.165) is 22.1 Å². The van der Waals surface area contributed by atoms with Gasteiger partial charge in [-0.15, -0.1) is 0 Å². The SMILES string of the molecule is O=C(NCc1cccnc1)c1ccc(-c2cc3ccccc3o2)nc1NCc1cccnc1. The Kier molecular flexibility index (Phi) is 5.75. The second-order valence-electron chi connectivity index (χ2n) is 7.50. The van der Waals surface area contributed by atoms with Crippen LogP contribution in [0.15, 0.2) is 95.9 Å². The maximum absolute atomic E-state index is 13.0. The highest BCUT2D eigenvalue weighted by Crippen LogP contribution is 2.28. The summed E-state index contributed by atoms with van der Waals surface area (Å²) in [7, 11) is 0. The fourth-order valence-electron chi connectivity index (χ4n) is 3.49. The third-order valence-electron chi connectivity index (χ3n) is 5.18.